The van der Waals surface area contributed by atoms with Crippen molar-refractivity contribution in [2.45, 2.75) is 0 Å². The predicted octanol–water partition coefficient (Wildman–Crippen LogP) is 1.86. The SMILES string of the molecule is COc1nccnc1C(=O)c1ccc(F)cc1. The molecule has 1 heterocycles. The molecule has 2 rings (SSSR count). The quantitative estimate of drug-likeness (QED) is 0.758. The van der Waals surface area contributed by atoms with Crippen LogP contribution in [-0.4, -0.2) is 22.9 Å². The Kier molecular flexibility index (Phi) is 3.09. The van der Waals surface area contributed by atoms with Gasteiger partial charge in [-0.15, -0.1) is 0 Å². The van der Waals surface area contributed by atoms with Gasteiger partial charge < -0.3 is 4.74 Å². The third kappa shape index (κ3) is 2.28. The first-order valence-corrected chi connectivity index (χ1v) is 4.87. The summed E-state index contributed by atoms with van der Waals surface area (Å²) < 4.78 is 17.7. The Labute approximate surface area is 97.1 Å². The van der Waals surface area contributed by atoms with E-state index in [-0.39, 0.29) is 17.4 Å². The number of methoxy groups -OCH3 is 1. The standard InChI is InChI=1S/C12H9FN2O2/c1-17-12-10(14-6-7-15-12)11(16)8-2-4-9(13)5-3-8/h2-7H,1H3. The van der Waals surface area contributed by atoms with Crippen molar-refractivity contribution in [1.82, 2.24) is 9.97 Å². The Morgan fingerprint density at radius 3 is 2.47 bits per heavy atom. The molecule has 1 aromatic carbocycles. The topological polar surface area (TPSA) is 52.1 Å². The number of ketones is 1. The van der Waals surface area contributed by atoms with Crippen molar-refractivity contribution in [2.24, 2.45) is 0 Å². The molecular formula is C12H9FN2O2. The van der Waals surface area contributed by atoms with E-state index in [0.29, 0.717) is 5.56 Å². The molecule has 0 radical (unpaired) electrons. The van der Waals surface area contributed by atoms with Gasteiger partial charge in [0.05, 0.1) is 7.11 Å². The van der Waals surface area contributed by atoms with E-state index in [4.69, 9.17) is 4.74 Å². The summed E-state index contributed by atoms with van der Waals surface area (Å²) in [5.41, 5.74) is 0.451. The molecule has 1 aromatic heterocycles. The number of rotatable bonds is 3. The van der Waals surface area contributed by atoms with Crippen molar-refractivity contribution in [1.29, 1.82) is 0 Å². The summed E-state index contributed by atoms with van der Waals surface area (Å²) in [7, 11) is 1.41. The normalized spacial score (nSPS) is 10.0. The summed E-state index contributed by atoms with van der Waals surface area (Å²) >= 11 is 0. The summed E-state index contributed by atoms with van der Waals surface area (Å²) in [5, 5.41) is 0. The zero-order valence-electron chi connectivity index (χ0n) is 9.05. The Morgan fingerprint density at radius 1 is 1.18 bits per heavy atom. The molecule has 2 aromatic rings. The zero-order chi connectivity index (χ0) is 12.3. The van der Waals surface area contributed by atoms with Gasteiger partial charge in [0.15, 0.2) is 5.69 Å². The molecular weight excluding hydrogens is 223 g/mol. The van der Waals surface area contributed by atoms with Crippen LogP contribution in [0.5, 0.6) is 5.88 Å². The van der Waals surface area contributed by atoms with Crippen LogP contribution in [0, 0.1) is 5.82 Å². The minimum absolute atomic E-state index is 0.113. The maximum Gasteiger partial charge on any atom is 0.243 e. The second-order valence-corrected chi connectivity index (χ2v) is 3.25. The van der Waals surface area contributed by atoms with Gasteiger partial charge in [0, 0.05) is 18.0 Å². The molecule has 0 saturated heterocycles. The van der Waals surface area contributed by atoms with Gasteiger partial charge in [-0.05, 0) is 24.3 Å². The number of carbonyl (C=O) groups excluding carboxylic acids is 1. The van der Waals surface area contributed by atoms with E-state index >= 15 is 0 Å². The van der Waals surface area contributed by atoms with Gasteiger partial charge in [-0.25, -0.2) is 14.4 Å². The molecule has 0 saturated carbocycles. The molecule has 0 atom stereocenters. The number of nitrogens with zero attached hydrogens (tertiary/aromatic N) is 2. The van der Waals surface area contributed by atoms with Gasteiger partial charge in [0.25, 0.3) is 0 Å². The largest absolute Gasteiger partial charge is 0.479 e. The third-order valence-electron chi connectivity index (χ3n) is 2.18. The Hall–Kier alpha value is -2.30. The fourth-order valence-corrected chi connectivity index (χ4v) is 1.37. The lowest BCUT2D eigenvalue weighted by molar-refractivity contribution is 0.103. The van der Waals surface area contributed by atoms with Crippen LogP contribution in [0.4, 0.5) is 4.39 Å². The minimum atomic E-state index is -0.396. The summed E-state index contributed by atoms with van der Waals surface area (Å²) in [6.45, 7) is 0. The molecule has 4 nitrogen and oxygen atoms in total. The number of carbonyl (C=O) groups is 1. The molecule has 0 aliphatic rings. The van der Waals surface area contributed by atoms with Gasteiger partial charge in [0.1, 0.15) is 5.82 Å². The zero-order valence-corrected chi connectivity index (χ0v) is 9.05. The van der Waals surface area contributed by atoms with E-state index in [0.717, 1.165) is 0 Å². The molecule has 17 heavy (non-hydrogen) atoms. The van der Waals surface area contributed by atoms with Crippen molar-refractivity contribution in [3.63, 3.8) is 0 Å². The monoisotopic (exact) mass is 232 g/mol. The second kappa shape index (κ2) is 4.69. The number of ether oxygens (including phenoxy) is 1. The first-order valence-electron chi connectivity index (χ1n) is 4.87. The van der Waals surface area contributed by atoms with Crippen LogP contribution in [-0.2, 0) is 0 Å². The highest BCUT2D eigenvalue weighted by Crippen LogP contribution is 2.16. The lowest BCUT2D eigenvalue weighted by Gasteiger charge is -2.04. The van der Waals surface area contributed by atoms with E-state index in [1.54, 1.807) is 0 Å². The van der Waals surface area contributed by atoms with Crippen LogP contribution in [0.15, 0.2) is 36.7 Å². The maximum atomic E-state index is 12.7. The maximum absolute atomic E-state index is 12.7. The van der Waals surface area contributed by atoms with E-state index in [1.807, 2.05) is 0 Å². The fraction of sp³-hybridized carbons (Fsp3) is 0.0833. The van der Waals surface area contributed by atoms with E-state index < -0.39 is 5.82 Å². The third-order valence-corrected chi connectivity index (χ3v) is 2.18. The summed E-state index contributed by atoms with van der Waals surface area (Å²) in [6, 6.07) is 5.23. The van der Waals surface area contributed by atoms with Crippen molar-refractivity contribution >= 4 is 5.78 Å². The molecule has 0 N–H and O–H groups in total. The number of halogens is 1. The van der Waals surface area contributed by atoms with E-state index in [9.17, 15) is 9.18 Å². The van der Waals surface area contributed by atoms with Gasteiger partial charge >= 0.3 is 0 Å². The predicted molar refractivity (Wildman–Crippen MR) is 58.4 cm³/mol. The Balaban J connectivity index is 2.40. The van der Waals surface area contributed by atoms with Gasteiger partial charge in [0.2, 0.25) is 11.7 Å². The highest BCUT2D eigenvalue weighted by Gasteiger charge is 2.16. The molecule has 0 aliphatic heterocycles. The van der Waals surface area contributed by atoms with Crippen LogP contribution in [0.25, 0.3) is 0 Å². The number of aromatic nitrogens is 2. The van der Waals surface area contributed by atoms with E-state index in [1.165, 1.54) is 43.8 Å². The van der Waals surface area contributed by atoms with Crippen LogP contribution < -0.4 is 4.74 Å². The van der Waals surface area contributed by atoms with Gasteiger partial charge in [-0.1, -0.05) is 0 Å². The van der Waals surface area contributed by atoms with Crippen molar-refractivity contribution in [3.8, 4) is 5.88 Å². The molecule has 0 spiro atoms. The number of hydrogen-bond donors (Lipinski definition) is 0. The minimum Gasteiger partial charge on any atom is -0.479 e. The fourth-order valence-electron chi connectivity index (χ4n) is 1.37. The Bertz CT molecular complexity index is 540. The average Bonchev–Trinajstić information content (AvgIpc) is 2.39. The summed E-state index contributed by atoms with van der Waals surface area (Å²) in [6.07, 6.45) is 2.83. The first-order chi connectivity index (χ1) is 8.22. The van der Waals surface area contributed by atoms with Crippen LogP contribution in [0.3, 0.4) is 0 Å². The smallest absolute Gasteiger partial charge is 0.243 e. The Morgan fingerprint density at radius 2 is 1.82 bits per heavy atom. The molecule has 86 valence electrons. The molecule has 5 heteroatoms. The second-order valence-electron chi connectivity index (χ2n) is 3.25. The first kappa shape index (κ1) is 11.2. The average molecular weight is 232 g/mol. The molecule has 0 fully saturated rings. The summed E-state index contributed by atoms with van der Waals surface area (Å²) in [5.74, 6) is -0.593. The highest BCUT2D eigenvalue weighted by molar-refractivity contribution is 6.08. The van der Waals surface area contributed by atoms with Crippen molar-refractivity contribution in [2.75, 3.05) is 7.11 Å². The van der Waals surface area contributed by atoms with Gasteiger partial charge in [-0.3, -0.25) is 4.79 Å². The van der Waals surface area contributed by atoms with Crippen LogP contribution in [0.1, 0.15) is 16.1 Å². The molecule has 0 amide bonds. The van der Waals surface area contributed by atoms with Crippen molar-refractivity contribution < 1.29 is 13.9 Å². The molecule has 0 unspecified atom stereocenters. The van der Waals surface area contributed by atoms with E-state index in [2.05, 4.69) is 9.97 Å². The lowest BCUT2D eigenvalue weighted by Crippen LogP contribution is -2.07. The number of hydrogen-bond acceptors (Lipinski definition) is 4. The lowest BCUT2D eigenvalue weighted by atomic mass is 10.1. The van der Waals surface area contributed by atoms with Crippen LogP contribution in [0.2, 0.25) is 0 Å². The molecule has 0 aliphatic carbocycles. The summed E-state index contributed by atoms with van der Waals surface area (Å²) in [4.78, 5) is 19.8. The molecule has 0 bridgehead atoms. The van der Waals surface area contributed by atoms with Gasteiger partial charge in [-0.2, -0.15) is 0 Å². The highest BCUT2D eigenvalue weighted by atomic mass is 19.1. The van der Waals surface area contributed by atoms with Crippen molar-refractivity contribution in [3.05, 3.63) is 53.7 Å². The van der Waals surface area contributed by atoms with Crippen LogP contribution >= 0.6 is 0 Å². The number of benzene rings is 1.